The molecule has 33 heavy (non-hydrogen) atoms. The third-order valence-corrected chi connectivity index (χ3v) is 5.73. The molecule has 0 spiro atoms. The summed E-state index contributed by atoms with van der Waals surface area (Å²) in [4.78, 5) is 7.01. The van der Waals surface area contributed by atoms with Gasteiger partial charge in [0.05, 0.1) is 6.61 Å². The van der Waals surface area contributed by atoms with E-state index in [1.165, 1.54) is 37.9 Å². The summed E-state index contributed by atoms with van der Waals surface area (Å²) in [5.41, 5.74) is 2.85. The van der Waals surface area contributed by atoms with E-state index < -0.39 is 0 Å². The van der Waals surface area contributed by atoms with Gasteiger partial charge in [0, 0.05) is 37.8 Å². The van der Waals surface area contributed by atoms with E-state index in [-0.39, 0.29) is 0 Å². The normalized spacial score (nSPS) is 14.8. The minimum absolute atomic E-state index is 0.462. The van der Waals surface area contributed by atoms with Crippen molar-refractivity contribution in [3.8, 4) is 11.5 Å². The minimum atomic E-state index is 0.462. The quantitative estimate of drug-likeness (QED) is 0.363. The molecule has 3 aromatic rings. The molecular weight excluding hydrogens is 414 g/mol. The van der Waals surface area contributed by atoms with Crippen LogP contribution in [0.5, 0.6) is 11.5 Å². The number of ether oxygens (including phenoxy) is 2. The van der Waals surface area contributed by atoms with Crippen molar-refractivity contribution in [1.29, 1.82) is 0 Å². The third-order valence-electron chi connectivity index (χ3n) is 5.73. The molecule has 6 nitrogen and oxygen atoms in total. The summed E-state index contributed by atoms with van der Waals surface area (Å²) in [6.45, 7) is 4.97. The summed E-state index contributed by atoms with van der Waals surface area (Å²) >= 11 is 0. The van der Waals surface area contributed by atoms with E-state index >= 15 is 0 Å². The fourth-order valence-electron chi connectivity index (χ4n) is 3.97. The lowest BCUT2D eigenvalue weighted by atomic mass is 10.1. The van der Waals surface area contributed by atoms with Crippen LogP contribution in [0.4, 0.5) is 0 Å². The molecule has 1 saturated heterocycles. The highest BCUT2D eigenvalue weighted by Gasteiger charge is 2.10. The van der Waals surface area contributed by atoms with Crippen LogP contribution in [0.2, 0.25) is 0 Å². The van der Waals surface area contributed by atoms with E-state index in [1.807, 2.05) is 36.4 Å². The van der Waals surface area contributed by atoms with Crippen LogP contribution in [0.25, 0.3) is 0 Å². The summed E-state index contributed by atoms with van der Waals surface area (Å²) in [5, 5.41) is 10.1. The second-order valence-corrected chi connectivity index (χ2v) is 8.41. The van der Waals surface area contributed by atoms with Gasteiger partial charge in [-0.3, -0.25) is 9.89 Å². The lowest BCUT2D eigenvalue weighted by Crippen LogP contribution is -2.29. The molecule has 0 saturated carbocycles. The number of pyridine rings is 1. The number of aromatic nitrogens is 1. The zero-order valence-corrected chi connectivity index (χ0v) is 19.1. The Bertz CT molecular complexity index is 1060. The summed E-state index contributed by atoms with van der Waals surface area (Å²) in [7, 11) is 0. The van der Waals surface area contributed by atoms with Gasteiger partial charge in [-0.1, -0.05) is 48.9 Å². The Balaban J connectivity index is 1.24. The molecule has 2 heterocycles. The molecule has 1 fully saturated rings. The summed E-state index contributed by atoms with van der Waals surface area (Å²) in [5.74, 6) is 1.57. The SMILES string of the molecule is On1ccc(OCc2ccccc2)cc1=NCCCOc1cccc(CN2CCCCC2)c1. The number of piperidine rings is 1. The Morgan fingerprint density at radius 2 is 1.61 bits per heavy atom. The summed E-state index contributed by atoms with van der Waals surface area (Å²) in [6, 6.07) is 21.8. The van der Waals surface area contributed by atoms with Crippen molar-refractivity contribution >= 4 is 0 Å². The van der Waals surface area contributed by atoms with E-state index in [4.69, 9.17) is 9.47 Å². The second-order valence-electron chi connectivity index (χ2n) is 8.41. The van der Waals surface area contributed by atoms with Crippen LogP contribution in [-0.2, 0) is 13.2 Å². The Morgan fingerprint density at radius 1 is 0.818 bits per heavy atom. The van der Waals surface area contributed by atoms with Crippen LogP contribution in [0.15, 0.2) is 77.9 Å². The Hall–Kier alpha value is -3.25. The van der Waals surface area contributed by atoms with Crippen LogP contribution in [-0.4, -0.2) is 41.1 Å². The molecule has 4 rings (SSSR count). The molecule has 0 atom stereocenters. The first kappa shape index (κ1) is 22.9. The number of nitrogens with zero attached hydrogens (tertiary/aromatic N) is 3. The highest BCUT2D eigenvalue weighted by molar-refractivity contribution is 5.28. The molecule has 0 bridgehead atoms. The minimum Gasteiger partial charge on any atom is -0.494 e. The fourth-order valence-corrected chi connectivity index (χ4v) is 3.97. The number of likely N-dealkylation sites (tertiary alicyclic amines) is 1. The van der Waals surface area contributed by atoms with Gasteiger partial charge in [-0.2, -0.15) is 4.73 Å². The highest BCUT2D eigenvalue weighted by Crippen LogP contribution is 2.18. The van der Waals surface area contributed by atoms with Gasteiger partial charge in [-0.05, 0) is 49.2 Å². The predicted molar refractivity (Wildman–Crippen MR) is 129 cm³/mol. The monoisotopic (exact) mass is 447 g/mol. The van der Waals surface area contributed by atoms with E-state index in [0.717, 1.165) is 29.0 Å². The molecule has 0 unspecified atom stereocenters. The van der Waals surface area contributed by atoms with Crippen LogP contribution >= 0.6 is 0 Å². The van der Waals surface area contributed by atoms with Crippen molar-refractivity contribution in [1.82, 2.24) is 9.63 Å². The zero-order valence-electron chi connectivity index (χ0n) is 19.1. The van der Waals surface area contributed by atoms with Crippen LogP contribution in [0.3, 0.4) is 0 Å². The molecule has 1 aliphatic heterocycles. The van der Waals surface area contributed by atoms with Gasteiger partial charge < -0.3 is 14.7 Å². The first-order valence-electron chi connectivity index (χ1n) is 11.8. The van der Waals surface area contributed by atoms with Crippen molar-refractivity contribution in [3.63, 3.8) is 0 Å². The van der Waals surface area contributed by atoms with Gasteiger partial charge in [0.15, 0.2) is 5.49 Å². The number of hydrogen-bond donors (Lipinski definition) is 1. The largest absolute Gasteiger partial charge is 0.494 e. The van der Waals surface area contributed by atoms with Gasteiger partial charge in [0.25, 0.3) is 0 Å². The standard InChI is InChI=1S/C27H33N3O3/c31-30-17-13-26(33-22-23-9-3-1-4-10-23)20-27(30)28-14-8-18-32-25-12-7-11-24(19-25)21-29-15-5-2-6-16-29/h1,3-4,7,9-13,17,19-20,31H,2,5-6,8,14-16,18,21-22H2. The average Bonchev–Trinajstić information content (AvgIpc) is 2.85. The number of benzene rings is 2. The molecule has 1 aromatic heterocycles. The average molecular weight is 448 g/mol. The van der Waals surface area contributed by atoms with Gasteiger partial charge in [0.2, 0.25) is 0 Å². The first-order chi connectivity index (χ1) is 16.3. The van der Waals surface area contributed by atoms with Gasteiger partial charge in [0.1, 0.15) is 18.1 Å². The molecule has 0 aliphatic carbocycles. The van der Waals surface area contributed by atoms with Gasteiger partial charge in [-0.15, -0.1) is 0 Å². The van der Waals surface area contributed by atoms with Crippen LogP contribution in [0, 0.1) is 0 Å². The van der Waals surface area contributed by atoms with Crippen molar-refractivity contribution in [2.45, 2.75) is 38.8 Å². The Morgan fingerprint density at radius 3 is 2.45 bits per heavy atom. The zero-order chi connectivity index (χ0) is 22.7. The number of hydrogen-bond acceptors (Lipinski definition) is 5. The van der Waals surface area contributed by atoms with Crippen molar-refractivity contribution < 1.29 is 14.7 Å². The smallest absolute Gasteiger partial charge is 0.166 e. The predicted octanol–water partition coefficient (Wildman–Crippen LogP) is 4.66. The molecule has 174 valence electrons. The summed E-state index contributed by atoms with van der Waals surface area (Å²) < 4.78 is 12.8. The fraction of sp³-hybridized carbons (Fsp3) is 0.370. The third kappa shape index (κ3) is 7.39. The number of rotatable bonds is 10. The van der Waals surface area contributed by atoms with Crippen molar-refractivity contribution in [2.24, 2.45) is 4.99 Å². The highest BCUT2D eigenvalue weighted by atomic mass is 16.5. The molecule has 1 aliphatic rings. The maximum atomic E-state index is 10.1. The van der Waals surface area contributed by atoms with Gasteiger partial charge >= 0.3 is 0 Å². The van der Waals surface area contributed by atoms with Gasteiger partial charge in [-0.25, -0.2) is 0 Å². The van der Waals surface area contributed by atoms with Crippen molar-refractivity contribution in [2.75, 3.05) is 26.2 Å². The maximum absolute atomic E-state index is 10.1. The van der Waals surface area contributed by atoms with E-state index in [0.29, 0.717) is 31.0 Å². The molecule has 1 N–H and O–H groups in total. The molecule has 0 radical (unpaired) electrons. The lowest BCUT2D eigenvalue weighted by molar-refractivity contribution is 0.169. The van der Waals surface area contributed by atoms with Crippen molar-refractivity contribution in [3.05, 3.63) is 89.5 Å². The topological polar surface area (TPSA) is 59.2 Å². The Kier molecular flexibility index (Phi) is 8.42. The van der Waals surface area contributed by atoms with Crippen LogP contribution in [0.1, 0.15) is 36.8 Å². The first-order valence-corrected chi connectivity index (χ1v) is 11.8. The molecule has 6 heteroatoms. The van der Waals surface area contributed by atoms with Crippen LogP contribution < -0.4 is 15.0 Å². The lowest BCUT2D eigenvalue weighted by Gasteiger charge is -2.26. The van der Waals surface area contributed by atoms with E-state index in [1.54, 1.807) is 18.3 Å². The molecular formula is C27H33N3O3. The van der Waals surface area contributed by atoms with E-state index in [9.17, 15) is 5.21 Å². The molecule has 0 amide bonds. The summed E-state index contributed by atoms with van der Waals surface area (Å²) in [6.07, 6.45) is 6.26. The maximum Gasteiger partial charge on any atom is 0.166 e. The Labute approximate surface area is 195 Å². The second kappa shape index (κ2) is 12.1. The molecule has 2 aromatic carbocycles. The van der Waals surface area contributed by atoms with E-state index in [2.05, 4.69) is 28.1 Å².